The number of quaternary nitrogens is 1. The highest BCUT2D eigenvalue weighted by Gasteiger charge is 2.27. The van der Waals surface area contributed by atoms with Crippen LogP contribution in [-0.4, -0.2) is 69.4 Å². The van der Waals surface area contributed by atoms with E-state index in [1.807, 2.05) is 33.3 Å². The molecule has 10 heteroatoms. The minimum Gasteiger partial charge on any atom is -0.756 e. The number of amides is 1. The van der Waals surface area contributed by atoms with E-state index >= 15 is 0 Å². The third-order valence-electron chi connectivity index (χ3n) is 13.8. The molecule has 0 bridgehead atoms. The Morgan fingerprint density at radius 3 is 1.18 bits per heavy atom. The topological polar surface area (TPSA) is 114 Å². The summed E-state index contributed by atoms with van der Waals surface area (Å²) in [5, 5.41) is 3.02. The molecule has 0 saturated carbocycles. The van der Waals surface area contributed by atoms with Crippen LogP contribution in [0.15, 0.2) is 36.5 Å². The number of ether oxygens (including phenoxy) is 1. The van der Waals surface area contributed by atoms with Gasteiger partial charge in [-0.3, -0.25) is 14.2 Å². The molecule has 0 spiro atoms. The van der Waals surface area contributed by atoms with Crippen LogP contribution < -0.4 is 10.2 Å². The maximum atomic E-state index is 13.5. The van der Waals surface area contributed by atoms with Gasteiger partial charge in [0.05, 0.1) is 33.8 Å². The van der Waals surface area contributed by atoms with Crippen LogP contribution in [0, 0.1) is 0 Å². The first-order chi connectivity index (χ1) is 34.9. The molecule has 9 nitrogen and oxygen atoms in total. The van der Waals surface area contributed by atoms with E-state index < -0.39 is 20.0 Å². The number of carbonyl (C=O) groups excluding carboxylic acids is 2. The minimum atomic E-state index is -4.69. The summed E-state index contributed by atoms with van der Waals surface area (Å²) < 4.78 is 30.3. The van der Waals surface area contributed by atoms with Crippen LogP contribution in [0.3, 0.4) is 0 Å². The fourth-order valence-electron chi connectivity index (χ4n) is 8.98. The average Bonchev–Trinajstić information content (AvgIpc) is 3.34. The van der Waals surface area contributed by atoms with Crippen molar-refractivity contribution in [2.75, 3.05) is 40.9 Å². The van der Waals surface area contributed by atoms with Crippen molar-refractivity contribution >= 4 is 19.7 Å². The standard InChI is InChI=1S/C62H119N2O7P/c1-7-10-13-16-19-22-25-27-29-31-32-33-35-37-40-43-46-49-52-55-62(66)71-60(53-50-47-44-41-38-24-21-18-15-12-9-3)59(58-70-72(67,68)69-57-56-64(4,5)6)63-61(65)54-51-48-45-42-39-36-34-30-28-26-23-20-17-14-11-8-2/h27,29-30,34,50,53,59-60H,7-26,28,31-33,35-49,51-52,54-58H2,1-6H3,(H-,63,65,67,68)/b29-27+,34-30+,53-50+. The fraction of sp³-hybridized carbons (Fsp3) is 0.871. The third-order valence-corrected chi connectivity index (χ3v) is 14.8. The number of likely N-dealkylation sites (N-methyl/N-ethyl adjacent to an activating group) is 1. The van der Waals surface area contributed by atoms with Gasteiger partial charge >= 0.3 is 5.97 Å². The van der Waals surface area contributed by atoms with Crippen LogP contribution in [0.25, 0.3) is 0 Å². The Hall–Kier alpha value is -1.77. The quantitative estimate of drug-likeness (QED) is 0.0212. The second kappa shape index (κ2) is 52.7. The maximum absolute atomic E-state index is 13.5. The first-order valence-electron chi connectivity index (χ1n) is 30.8. The second-order valence-electron chi connectivity index (χ2n) is 22.2. The molecule has 0 aliphatic heterocycles. The van der Waals surface area contributed by atoms with E-state index in [0.717, 1.165) is 77.0 Å². The van der Waals surface area contributed by atoms with Gasteiger partial charge in [0.25, 0.3) is 7.82 Å². The number of rotatable bonds is 56. The molecular formula is C62H119N2O7P. The number of phosphoric acid groups is 1. The van der Waals surface area contributed by atoms with E-state index in [9.17, 15) is 19.0 Å². The van der Waals surface area contributed by atoms with E-state index in [1.54, 1.807) is 0 Å². The Balaban J connectivity index is 5.23. The molecule has 0 radical (unpaired) electrons. The highest BCUT2D eigenvalue weighted by molar-refractivity contribution is 7.45. The van der Waals surface area contributed by atoms with Gasteiger partial charge in [-0.05, 0) is 83.1 Å². The molecule has 3 atom stereocenters. The van der Waals surface area contributed by atoms with Gasteiger partial charge < -0.3 is 28.5 Å². The molecule has 0 heterocycles. The molecule has 0 fully saturated rings. The Labute approximate surface area is 446 Å². The largest absolute Gasteiger partial charge is 0.756 e. The summed E-state index contributed by atoms with van der Waals surface area (Å²) in [6.07, 6.45) is 62.5. The number of phosphoric ester groups is 1. The number of nitrogens with one attached hydrogen (secondary N) is 1. The van der Waals surface area contributed by atoms with E-state index in [2.05, 4.69) is 50.4 Å². The van der Waals surface area contributed by atoms with Crippen LogP contribution in [0.2, 0.25) is 0 Å². The number of allylic oxidation sites excluding steroid dienone is 5. The molecule has 0 aromatic heterocycles. The molecule has 0 aromatic carbocycles. The minimum absolute atomic E-state index is 0.0227. The van der Waals surface area contributed by atoms with Crippen molar-refractivity contribution in [1.29, 1.82) is 0 Å². The van der Waals surface area contributed by atoms with E-state index in [1.165, 1.54) is 186 Å². The summed E-state index contributed by atoms with van der Waals surface area (Å²) in [5.74, 6) is -0.544. The van der Waals surface area contributed by atoms with Gasteiger partial charge in [-0.25, -0.2) is 0 Å². The Kier molecular flexibility index (Phi) is 51.4. The van der Waals surface area contributed by atoms with Crippen molar-refractivity contribution in [3.05, 3.63) is 36.5 Å². The van der Waals surface area contributed by atoms with Crippen LogP contribution >= 0.6 is 7.82 Å². The fourth-order valence-corrected chi connectivity index (χ4v) is 9.71. The Morgan fingerprint density at radius 1 is 0.472 bits per heavy atom. The smallest absolute Gasteiger partial charge is 0.306 e. The van der Waals surface area contributed by atoms with Crippen molar-refractivity contribution in [2.24, 2.45) is 0 Å². The molecule has 0 aliphatic rings. The first kappa shape index (κ1) is 70.2. The zero-order chi connectivity index (χ0) is 52.9. The van der Waals surface area contributed by atoms with Crippen molar-refractivity contribution in [1.82, 2.24) is 5.32 Å². The molecule has 1 amide bonds. The highest BCUT2D eigenvalue weighted by atomic mass is 31.2. The molecule has 0 saturated heterocycles. The molecule has 0 rings (SSSR count). The zero-order valence-electron chi connectivity index (χ0n) is 48.4. The van der Waals surface area contributed by atoms with Crippen molar-refractivity contribution in [3.63, 3.8) is 0 Å². The van der Waals surface area contributed by atoms with E-state index in [0.29, 0.717) is 17.4 Å². The number of carbonyl (C=O) groups is 2. The summed E-state index contributed by atoms with van der Waals surface area (Å²) in [4.78, 5) is 39.9. The van der Waals surface area contributed by atoms with Crippen molar-refractivity contribution < 1.29 is 37.3 Å². The summed E-state index contributed by atoms with van der Waals surface area (Å²) in [5.41, 5.74) is 0. The predicted octanol–water partition coefficient (Wildman–Crippen LogP) is 18.1. The van der Waals surface area contributed by atoms with Gasteiger partial charge in [-0.2, -0.15) is 0 Å². The van der Waals surface area contributed by atoms with Crippen LogP contribution in [0.4, 0.5) is 0 Å². The highest BCUT2D eigenvalue weighted by Crippen LogP contribution is 2.38. The molecule has 1 N–H and O–H groups in total. The summed E-state index contributed by atoms with van der Waals surface area (Å²) in [6.45, 7) is 6.85. The average molecular weight is 1040 g/mol. The van der Waals surface area contributed by atoms with Crippen LogP contribution in [-0.2, 0) is 27.9 Å². The van der Waals surface area contributed by atoms with Gasteiger partial charge in [0.1, 0.15) is 19.3 Å². The summed E-state index contributed by atoms with van der Waals surface area (Å²) in [7, 11) is 1.19. The Bertz CT molecular complexity index is 1330. The Morgan fingerprint density at radius 2 is 0.806 bits per heavy atom. The maximum Gasteiger partial charge on any atom is 0.306 e. The normalized spacial score (nSPS) is 13.9. The molecule has 72 heavy (non-hydrogen) atoms. The predicted molar refractivity (Wildman–Crippen MR) is 307 cm³/mol. The third kappa shape index (κ3) is 53.1. The summed E-state index contributed by atoms with van der Waals surface area (Å²) >= 11 is 0. The van der Waals surface area contributed by atoms with Crippen LogP contribution in [0.5, 0.6) is 0 Å². The number of hydrogen-bond acceptors (Lipinski definition) is 7. The number of nitrogens with zero attached hydrogens (tertiary/aromatic N) is 1. The van der Waals surface area contributed by atoms with Gasteiger partial charge in [0, 0.05) is 12.8 Å². The van der Waals surface area contributed by atoms with Gasteiger partial charge in [-0.1, -0.05) is 237 Å². The second-order valence-corrected chi connectivity index (χ2v) is 23.6. The number of unbranched alkanes of at least 4 members (excludes halogenated alkanes) is 36. The molecule has 0 aliphatic carbocycles. The van der Waals surface area contributed by atoms with Gasteiger partial charge in [0.15, 0.2) is 0 Å². The SMILES string of the molecule is CCCCCCCC/C=C/CCCCCCCCCCCC(=O)OC(/C=C/CCCCCCCCCCC)C(COP(=O)([O-])OCC[N+](C)(C)C)NC(=O)CCCCCCC/C=C/CCCCCCCCC. The molecule has 424 valence electrons. The number of esters is 1. The van der Waals surface area contributed by atoms with Gasteiger partial charge in [0.2, 0.25) is 5.91 Å². The van der Waals surface area contributed by atoms with Crippen molar-refractivity contribution in [3.8, 4) is 0 Å². The lowest BCUT2D eigenvalue weighted by Crippen LogP contribution is -2.47. The van der Waals surface area contributed by atoms with E-state index in [-0.39, 0.29) is 31.5 Å². The number of hydrogen-bond donors (Lipinski definition) is 1. The molecule has 3 unspecified atom stereocenters. The molecule has 0 aromatic rings. The summed E-state index contributed by atoms with van der Waals surface area (Å²) in [6, 6.07) is -0.890. The van der Waals surface area contributed by atoms with Crippen molar-refractivity contribution in [2.45, 2.75) is 309 Å². The zero-order valence-corrected chi connectivity index (χ0v) is 49.3. The lowest BCUT2D eigenvalue weighted by Gasteiger charge is -2.30. The van der Waals surface area contributed by atoms with Crippen LogP contribution in [0.1, 0.15) is 297 Å². The lowest BCUT2D eigenvalue weighted by atomic mass is 10.0. The molecular weight excluding hydrogens is 916 g/mol. The lowest BCUT2D eigenvalue weighted by molar-refractivity contribution is -0.870. The van der Waals surface area contributed by atoms with E-state index in [4.69, 9.17) is 13.8 Å². The monoisotopic (exact) mass is 1030 g/mol. The first-order valence-corrected chi connectivity index (χ1v) is 32.3. The van der Waals surface area contributed by atoms with Gasteiger partial charge in [-0.15, -0.1) is 0 Å².